The molecule has 1 saturated carbocycles. The number of amides is 1. The van der Waals surface area contributed by atoms with E-state index in [1.54, 1.807) is 32.2 Å². The van der Waals surface area contributed by atoms with Crippen LogP contribution in [0.25, 0.3) is 0 Å². The maximum absolute atomic E-state index is 12.8. The van der Waals surface area contributed by atoms with Crippen LogP contribution in [0.5, 0.6) is 5.75 Å². The highest BCUT2D eigenvalue weighted by atomic mass is 16.5. The van der Waals surface area contributed by atoms with Crippen molar-refractivity contribution in [1.82, 2.24) is 0 Å². The number of rotatable bonds is 6. The average molecular weight is 349 g/mol. The summed E-state index contributed by atoms with van der Waals surface area (Å²) in [6.45, 7) is 4.14. The van der Waals surface area contributed by atoms with Gasteiger partial charge in [-0.25, -0.2) is 4.79 Å². The number of anilines is 1. The smallest absolute Gasteiger partial charge is 0.341 e. The van der Waals surface area contributed by atoms with E-state index in [0.717, 1.165) is 12.8 Å². The number of carbonyl (C=O) groups excluding carboxylic acids is 2. The van der Waals surface area contributed by atoms with Crippen LogP contribution >= 0.6 is 0 Å². The normalized spacial score (nSPS) is 23.0. The van der Waals surface area contributed by atoms with Crippen LogP contribution in [0.4, 0.5) is 5.69 Å². The topological polar surface area (TPSA) is 73.9 Å². The first-order valence-corrected chi connectivity index (χ1v) is 8.67. The molecule has 6 nitrogen and oxygen atoms in total. The maximum Gasteiger partial charge on any atom is 0.341 e. The summed E-state index contributed by atoms with van der Waals surface area (Å²) in [5, 5.41) is 2.89. The van der Waals surface area contributed by atoms with E-state index in [-0.39, 0.29) is 18.1 Å². The van der Waals surface area contributed by atoms with Gasteiger partial charge in [0, 0.05) is 12.8 Å². The molecule has 138 valence electrons. The van der Waals surface area contributed by atoms with Gasteiger partial charge >= 0.3 is 5.97 Å². The standard InChI is InChI=1S/C19H27NO5/c1-5-25-17(21)15-11-14(8-9-16(15)23-3)20-18(22)19(24-4)10-6-7-13(2)12-19/h8-9,11,13H,5-7,10,12H2,1-4H3,(H,20,22)/t13-,19+/m1/s1. The zero-order chi connectivity index (χ0) is 18.4. The minimum absolute atomic E-state index is 0.179. The molecule has 0 aromatic heterocycles. The number of carbonyl (C=O) groups is 2. The highest BCUT2D eigenvalue weighted by molar-refractivity contribution is 5.99. The Morgan fingerprint density at radius 2 is 2.08 bits per heavy atom. The predicted molar refractivity (Wildman–Crippen MR) is 95.0 cm³/mol. The minimum atomic E-state index is -0.818. The molecule has 1 fully saturated rings. The van der Waals surface area contributed by atoms with Gasteiger partial charge in [-0.1, -0.05) is 13.3 Å². The van der Waals surface area contributed by atoms with E-state index in [9.17, 15) is 9.59 Å². The van der Waals surface area contributed by atoms with Crippen LogP contribution in [-0.4, -0.2) is 38.3 Å². The van der Waals surface area contributed by atoms with Crippen LogP contribution in [0, 0.1) is 5.92 Å². The fourth-order valence-corrected chi connectivity index (χ4v) is 3.39. The van der Waals surface area contributed by atoms with Crippen LogP contribution in [0.2, 0.25) is 0 Å². The Balaban J connectivity index is 2.22. The molecule has 0 spiro atoms. The second kappa shape index (κ2) is 8.34. The number of hydrogen-bond acceptors (Lipinski definition) is 5. The summed E-state index contributed by atoms with van der Waals surface area (Å²) >= 11 is 0. The number of ether oxygens (including phenoxy) is 3. The monoisotopic (exact) mass is 349 g/mol. The lowest BCUT2D eigenvalue weighted by atomic mass is 9.78. The Bertz CT molecular complexity index is 630. The van der Waals surface area contributed by atoms with Crippen LogP contribution in [0.1, 0.15) is 49.9 Å². The highest BCUT2D eigenvalue weighted by Crippen LogP contribution is 2.36. The molecule has 2 atom stereocenters. The van der Waals surface area contributed by atoms with Crippen LogP contribution in [-0.2, 0) is 14.3 Å². The van der Waals surface area contributed by atoms with Gasteiger partial charge in [-0.3, -0.25) is 4.79 Å². The summed E-state index contributed by atoms with van der Waals surface area (Å²) in [7, 11) is 3.06. The van der Waals surface area contributed by atoms with Gasteiger partial charge in [-0.05, 0) is 50.3 Å². The van der Waals surface area contributed by atoms with Crippen molar-refractivity contribution >= 4 is 17.6 Å². The molecule has 1 N–H and O–H groups in total. The summed E-state index contributed by atoms with van der Waals surface area (Å²) in [4.78, 5) is 24.9. The van der Waals surface area contributed by atoms with Gasteiger partial charge < -0.3 is 19.5 Å². The molecule has 0 saturated heterocycles. The zero-order valence-corrected chi connectivity index (χ0v) is 15.4. The molecule has 0 heterocycles. The van der Waals surface area contributed by atoms with E-state index < -0.39 is 11.6 Å². The molecule has 25 heavy (non-hydrogen) atoms. The molecule has 1 aromatic carbocycles. The predicted octanol–water partition coefficient (Wildman–Crippen LogP) is 3.41. The lowest BCUT2D eigenvalue weighted by Gasteiger charge is -2.37. The van der Waals surface area contributed by atoms with Crippen LogP contribution < -0.4 is 10.1 Å². The Labute approximate surface area is 148 Å². The number of esters is 1. The maximum atomic E-state index is 12.8. The van der Waals surface area contributed by atoms with Crippen molar-refractivity contribution in [2.75, 3.05) is 26.1 Å². The zero-order valence-electron chi connectivity index (χ0n) is 15.4. The van der Waals surface area contributed by atoms with E-state index in [4.69, 9.17) is 14.2 Å². The molecule has 0 aliphatic heterocycles. The van der Waals surface area contributed by atoms with Crippen molar-refractivity contribution in [3.05, 3.63) is 23.8 Å². The largest absolute Gasteiger partial charge is 0.496 e. The Morgan fingerprint density at radius 1 is 1.32 bits per heavy atom. The summed E-state index contributed by atoms with van der Waals surface area (Å²) in [5.74, 6) is 0.180. The summed E-state index contributed by atoms with van der Waals surface area (Å²) in [5.41, 5.74) is -0.0176. The van der Waals surface area contributed by atoms with Crippen molar-refractivity contribution in [2.45, 2.75) is 45.1 Å². The summed E-state index contributed by atoms with van der Waals surface area (Å²) in [6, 6.07) is 4.92. The Kier molecular flexibility index (Phi) is 6.42. The molecule has 0 unspecified atom stereocenters. The first kappa shape index (κ1) is 19.2. The van der Waals surface area contributed by atoms with Gasteiger partial charge in [0.2, 0.25) is 0 Å². The van der Waals surface area contributed by atoms with Gasteiger partial charge in [0.15, 0.2) is 0 Å². The first-order valence-electron chi connectivity index (χ1n) is 8.67. The molecular weight excluding hydrogens is 322 g/mol. The molecule has 1 aliphatic carbocycles. The lowest BCUT2D eigenvalue weighted by molar-refractivity contribution is -0.143. The van der Waals surface area contributed by atoms with Gasteiger partial charge in [-0.2, -0.15) is 0 Å². The summed E-state index contributed by atoms with van der Waals surface area (Å²) in [6.07, 6.45) is 3.45. The molecule has 0 bridgehead atoms. The van der Waals surface area contributed by atoms with Gasteiger partial charge in [0.25, 0.3) is 5.91 Å². The second-order valence-electron chi connectivity index (χ2n) is 6.49. The fraction of sp³-hybridized carbons (Fsp3) is 0.579. The van der Waals surface area contributed by atoms with Crippen molar-refractivity contribution in [3.63, 3.8) is 0 Å². The van der Waals surface area contributed by atoms with Gasteiger partial charge in [0.1, 0.15) is 16.9 Å². The van der Waals surface area contributed by atoms with Gasteiger partial charge in [-0.15, -0.1) is 0 Å². The first-order chi connectivity index (χ1) is 12.0. The molecule has 0 radical (unpaired) electrons. The number of methoxy groups -OCH3 is 2. The number of nitrogens with one attached hydrogen (secondary N) is 1. The Hall–Kier alpha value is -2.08. The highest BCUT2D eigenvalue weighted by Gasteiger charge is 2.42. The Morgan fingerprint density at radius 3 is 2.68 bits per heavy atom. The minimum Gasteiger partial charge on any atom is -0.496 e. The van der Waals surface area contributed by atoms with Crippen molar-refractivity contribution < 1.29 is 23.8 Å². The number of hydrogen-bond donors (Lipinski definition) is 1. The van der Waals surface area contributed by atoms with E-state index >= 15 is 0 Å². The molecule has 1 aromatic rings. The third-order valence-electron chi connectivity index (χ3n) is 4.71. The third kappa shape index (κ3) is 4.31. The van der Waals surface area contributed by atoms with Crippen molar-refractivity contribution in [2.24, 2.45) is 5.92 Å². The van der Waals surface area contributed by atoms with Crippen molar-refractivity contribution in [1.29, 1.82) is 0 Å². The van der Waals surface area contributed by atoms with E-state index in [1.807, 2.05) is 0 Å². The van der Waals surface area contributed by atoms with E-state index in [2.05, 4.69) is 12.2 Å². The van der Waals surface area contributed by atoms with E-state index in [0.29, 0.717) is 30.2 Å². The molecule has 2 rings (SSSR count). The number of benzene rings is 1. The molecule has 1 aliphatic rings. The van der Waals surface area contributed by atoms with Gasteiger partial charge in [0.05, 0.1) is 13.7 Å². The fourth-order valence-electron chi connectivity index (χ4n) is 3.39. The summed E-state index contributed by atoms with van der Waals surface area (Å²) < 4.78 is 15.9. The molecule has 1 amide bonds. The van der Waals surface area contributed by atoms with Crippen LogP contribution in [0.3, 0.4) is 0 Å². The second-order valence-corrected chi connectivity index (χ2v) is 6.49. The molecule has 6 heteroatoms. The average Bonchev–Trinajstić information content (AvgIpc) is 2.61. The van der Waals surface area contributed by atoms with E-state index in [1.165, 1.54) is 7.11 Å². The van der Waals surface area contributed by atoms with Crippen molar-refractivity contribution in [3.8, 4) is 5.75 Å². The third-order valence-corrected chi connectivity index (χ3v) is 4.71. The lowest BCUT2D eigenvalue weighted by Crippen LogP contribution is -2.47. The quantitative estimate of drug-likeness (QED) is 0.797. The molecular formula is C19H27NO5. The van der Waals surface area contributed by atoms with Crippen LogP contribution in [0.15, 0.2) is 18.2 Å². The SMILES string of the molecule is CCOC(=O)c1cc(NC(=O)[C@]2(OC)CCC[C@@H](C)C2)ccc1OC.